The Kier molecular flexibility index (Phi) is 5.89. The Morgan fingerprint density at radius 3 is 2.32 bits per heavy atom. The number of hydrogen-bond donors (Lipinski definition) is 0. The molecule has 1 rings (SSSR count). The maximum absolute atomic E-state index is 12.8. The summed E-state index contributed by atoms with van der Waals surface area (Å²) >= 11 is 0. The molecule has 1 aliphatic carbocycles. The van der Waals surface area contributed by atoms with Gasteiger partial charge in [0.2, 0.25) is 0 Å². The predicted octanol–water partition coefficient (Wildman–Crippen LogP) is 5.88. The van der Waals surface area contributed by atoms with E-state index in [0.29, 0.717) is 12.2 Å². The van der Waals surface area contributed by atoms with Crippen molar-refractivity contribution in [1.29, 1.82) is 0 Å². The van der Waals surface area contributed by atoms with Gasteiger partial charge in [0.15, 0.2) is 8.32 Å². The van der Waals surface area contributed by atoms with E-state index in [1.165, 1.54) is 0 Å². The van der Waals surface area contributed by atoms with Gasteiger partial charge in [0.1, 0.15) is 5.78 Å². The van der Waals surface area contributed by atoms with E-state index in [1.807, 2.05) is 6.08 Å². The maximum atomic E-state index is 12.8. The highest BCUT2D eigenvalue weighted by atomic mass is 28.4. The smallest absolute Gasteiger partial charge is 0.192 e. The van der Waals surface area contributed by atoms with Gasteiger partial charge in [-0.3, -0.25) is 4.79 Å². The van der Waals surface area contributed by atoms with Crippen molar-refractivity contribution < 1.29 is 9.22 Å². The van der Waals surface area contributed by atoms with E-state index in [9.17, 15) is 4.79 Å². The van der Waals surface area contributed by atoms with Crippen LogP contribution >= 0.6 is 0 Å². The first kappa shape index (κ1) is 19.6. The van der Waals surface area contributed by atoms with Gasteiger partial charge in [-0.2, -0.15) is 0 Å². The quantitative estimate of drug-likeness (QED) is 0.476. The van der Waals surface area contributed by atoms with E-state index in [0.717, 1.165) is 32.1 Å². The van der Waals surface area contributed by atoms with E-state index in [1.54, 1.807) is 0 Å². The topological polar surface area (TPSA) is 26.3 Å². The van der Waals surface area contributed by atoms with Crippen LogP contribution in [0.5, 0.6) is 0 Å². The van der Waals surface area contributed by atoms with E-state index in [2.05, 4.69) is 54.3 Å². The number of Topliss-reactive ketones (excluding diaryl/α,β-unsaturated/α-hetero) is 1. The molecule has 3 heteroatoms. The van der Waals surface area contributed by atoms with Crippen LogP contribution in [0, 0.1) is 5.41 Å². The van der Waals surface area contributed by atoms with Crippen LogP contribution in [0.3, 0.4) is 0 Å². The first-order valence-electron chi connectivity index (χ1n) is 8.74. The fourth-order valence-corrected chi connectivity index (χ4v) is 4.93. The fraction of sp³-hybridized carbons (Fsp3) is 0.842. The summed E-state index contributed by atoms with van der Waals surface area (Å²) < 4.78 is 6.94. The molecule has 0 aromatic carbocycles. The number of hydrogen-bond acceptors (Lipinski definition) is 2. The van der Waals surface area contributed by atoms with Gasteiger partial charge in [0.05, 0.1) is 11.0 Å². The third kappa shape index (κ3) is 3.73. The van der Waals surface area contributed by atoms with Crippen molar-refractivity contribution >= 4 is 14.1 Å². The molecule has 0 aromatic rings. The first-order chi connectivity index (χ1) is 9.90. The number of ketones is 1. The minimum absolute atomic E-state index is 0.142. The Labute approximate surface area is 138 Å². The minimum Gasteiger partial charge on any atom is -0.410 e. The Hall–Kier alpha value is -0.413. The number of rotatable bonds is 4. The second-order valence-electron chi connectivity index (χ2n) is 8.96. The van der Waals surface area contributed by atoms with Crippen molar-refractivity contribution in [1.82, 2.24) is 0 Å². The molecule has 0 heterocycles. The fourth-order valence-electron chi connectivity index (χ4n) is 3.20. The largest absolute Gasteiger partial charge is 0.410 e. The average molecular weight is 325 g/mol. The zero-order valence-electron chi connectivity index (χ0n) is 15.8. The average Bonchev–Trinajstić information content (AvgIpc) is 2.35. The van der Waals surface area contributed by atoms with Crippen LogP contribution in [0.2, 0.25) is 18.1 Å². The summed E-state index contributed by atoms with van der Waals surface area (Å²) in [5.74, 6) is 0.354. The highest BCUT2D eigenvalue weighted by Gasteiger charge is 2.54. The summed E-state index contributed by atoms with van der Waals surface area (Å²) in [7, 11) is -1.96. The minimum atomic E-state index is -1.96. The zero-order chi connectivity index (χ0) is 17.2. The lowest BCUT2D eigenvalue weighted by Gasteiger charge is -2.53. The van der Waals surface area contributed by atoms with E-state index in [4.69, 9.17) is 4.43 Å². The predicted molar refractivity (Wildman–Crippen MR) is 97.7 cm³/mol. The van der Waals surface area contributed by atoms with Crippen LogP contribution in [0.1, 0.15) is 73.1 Å². The summed E-state index contributed by atoms with van der Waals surface area (Å²) in [5.41, 5.74) is -0.841. The molecule has 1 unspecified atom stereocenters. The molecule has 1 atom stereocenters. The van der Waals surface area contributed by atoms with Crippen LogP contribution in [0.4, 0.5) is 0 Å². The Balaban J connectivity index is 3.31. The Bertz CT molecular complexity index is 418. The molecule has 0 aromatic heterocycles. The molecular formula is C19H36O2Si. The molecule has 0 aliphatic heterocycles. The van der Waals surface area contributed by atoms with Gasteiger partial charge in [-0.25, -0.2) is 0 Å². The second-order valence-corrected chi connectivity index (χ2v) is 13.7. The van der Waals surface area contributed by atoms with Crippen molar-refractivity contribution in [3.05, 3.63) is 12.7 Å². The van der Waals surface area contributed by atoms with Crippen LogP contribution in [-0.2, 0) is 9.22 Å². The first-order valence-corrected chi connectivity index (χ1v) is 11.6. The molecule has 2 nitrogen and oxygen atoms in total. The molecule has 1 fully saturated rings. The van der Waals surface area contributed by atoms with Crippen LogP contribution in [0.25, 0.3) is 0 Å². The molecular weight excluding hydrogens is 288 g/mol. The number of carbonyl (C=O) groups is 1. The van der Waals surface area contributed by atoms with Crippen LogP contribution in [-0.4, -0.2) is 19.7 Å². The van der Waals surface area contributed by atoms with Crippen LogP contribution in [0.15, 0.2) is 12.7 Å². The van der Waals surface area contributed by atoms with Crippen molar-refractivity contribution in [3.8, 4) is 0 Å². The molecule has 0 amide bonds. The van der Waals surface area contributed by atoms with Gasteiger partial charge >= 0.3 is 0 Å². The molecule has 0 spiro atoms. The Morgan fingerprint density at radius 1 is 1.23 bits per heavy atom. The lowest BCUT2D eigenvalue weighted by molar-refractivity contribution is -0.144. The van der Waals surface area contributed by atoms with Crippen molar-refractivity contribution in [3.63, 3.8) is 0 Å². The van der Waals surface area contributed by atoms with Gasteiger partial charge in [0.25, 0.3) is 0 Å². The third-order valence-electron chi connectivity index (χ3n) is 6.05. The molecule has 22 heavy (non-hydrogen) atoms. The van der Waals surface area contributed by atoms with Crippen LogP contribution < -0.4 is 0 Å². The summed E-state index contributed by atoms with van der Waals surface area (Å²) in [6.45, 7) is 19.5. The molecule has 0 bridgehead atoms. The molecule has 1 aliphatic rings. The lowest BCUT2D eigenvalue weighted by Crippen LogP contribution is -2.58. The normalized spacial score (nSPS) is 27.1. The van der Waals surface area contributed by atoms with Gasteiger partial charge in [-0.05, 0) is 37.4 Å². The molecule has 128 valence electrons. The van der Waals surface area contributed by atoms with Crippen molar-refractivity contribution in [2.45, 2.75) is 96.9 Å². The summed E-state index contributed by atoms with van der Waals surface area (Å²) in [6.07, 6.45) is 7.65. The number of carbonyl (C=O) groups excluding carboxylic acids is 1. The summed E-state index contributed by atoms with van der Waals surface area (Å²) in [6, 6.07) is 0. The van der Waals surface area contributed by atoms with Crippen molar-refractivity contribution in [2.24, 2.45) is 5.41 Å². The second kappa shape index (κ2) is 6.60. The van der Waals surface area contributed by atoms with Crippen molar-refractivity contribution in [2.75, 3.05) is 0 Å². The van der Waals surface area contributed by atoms with Gasteiger partial charge in [0, 0.05) is 6.42 Å². The van der Waals surface area contributed by atoms with Gasteiger partial charge in [-0.1, -0.05) is 53.5 Å². The van der Waals surface area contributed by atoms with E-state index in [-0.39, 0.29) is 5.04 Å². The monoisotopic (exact) mass is 324 g/mol. The zero-order valence-corrected chi connectivity index (χ0v) is 16.8. The molecule has 0 radical (unpaired) electrons. The highest BCUT2D eigenvalue weighted by molar-refractivity contribution is 6.74. The van der Waals surface area contributed by atoms with Gasteiger partial charge in [-0.15, -0.1) is 6.58 Å². The third-order valence-corrected chi connectivity index (χ3v) is 10.6. The van der Waals surface area contributed by atoms with E-state index >= 15 is 0 Å². The molecule has 1 saturated carbocycles. The summed E-state index contributed by atoms with van der Waals surface area (Å²) in [5, 5.41) is 0.142. The lowest BCUT2D eigenvalue weighted by atomic mass is 9.65. The highest BCUT2D eigenvalue weighted by Crippen LogP contribution is 2.49. The summed E-state index contributed by atoms with van der Waals surface area (Å²) in [4.78, 5) is 12.8. The molecule has 0 N–H and O–H groups in total. The maximum Gasteiger partial charge on any atom is 0.192 e. The Morgan fingerprint density at radius 2 is 1.82 bits per heavy atom. The van der Waals surface area contributed by atoms with Gasteiger partial charge < -0.3 is 4.43 Å². The molecule has 0 saturated heterocycles. The van der Waals surface area contributed by atoms with E-state index < -0.39 is 19.3 Å². The SMILES string of the molecule is C=CCC1(O[Si](C)(C)C(C)(C)C)CCCCCC(=O)C1(C)C. The standard InChI is InChI=1S/C19H36O2Si/c1-9-14-19(21-22(7,8)17(2,3)4)15-12-10-11-13-16(20)18(19,5)6/h9H,1,10-15H2,2-8H3.